The van der Waals surface area contributed by atoms with Gasteiger partial charge in [-0.2, -0.15) is 5.26 Å². The standard InChI is InChI=1S/C7H9N3O2/c1-10-6(11)3-2-5(7(10)12)9-4-8/h5,9H,2-3H2,1H3. The average Bonchev–Trinajstić information content (AvgIpc) is 2.07. The van der Waals surface area contributed by atoms with Crippen LogP contribution < -0.4 is 5.32 Å². The van der Waals surface area contributed by atoms with E-state index in [4.69, 9.17) is 5.26 Å². The molecular formula is C7H9N3O2. The van der Waals surface area contributed by atoms with E-state index in [-0.39, 0.29) is 11.8 Å². The van der Waals surface area contributed by atoms with Gasteiger partial charge in [0.15, 0.2) is 6.19 Å². The fourth-order valence-electron chi connectivity index (χ4n) is 1.13. The molecule has 1 unspecified atom stereocenters. The zero-order valence-corrected chi connectivity index (χ0v) is 6.70. The second-order valence-electron chi connectivity index (χ2n) is 2.64. The van der Waals surface area contributed by atoms with Crippen molar-refractivity contribution in [1.82, 2.24) is 10.2 Å². The molecule has 64 valence electrons. The van der Waals surface area contributed by atoms with Crippen LogP contribution in [-0.4, -0.2) is 29.8 Å². The lowest BCUT2D eigenvalue weighted by atomic mass is 10.1. The number of nitriles is 1. The molecule has 0 spiro atoms. The first-order valence-electron chi connectivity index (χ1n) is 3.62. The molecule has 5 nitrogen and oxygen atoms in total. The molecule has 1 saturated heterocycles. The molecule has 1 atom stereocenters. The van der Waals surface area contributed by atoms with E-state index in [1.165, 1.54) is 7.05 Å². The summed E-state index contributed by atoms with van der Waals surface area (Å²) in [5, 5.41) is 10.6. The van der Waals surface area contributed by atoms with E-state index in [1.54, 1.807) is 6.19 Å². The molecule has 1 heterocycles. The van der Waals surface area contributed by atoms with Crippen LogP contribution in [0.4, 0.5) is 0 Å². The summed E-state index contributed by atoms with van der Waals surface area (Å²) in [4.78, 5) is 23.2. The Bertz CT molecular complexity index is 256. The van der Waals surface area contributed by atoms with Gasteiger partial charge in [-0.15, -0.1) is 0 Å². The number of nitrogens with one attached hydrogen (secondary N) is 1. The molecule has 1 aliphatic heterocycles. The Morgan fingerprint density at radius 2 is 2.33 bits per heavy atom. The van der Waals surface area contributed by atoms with Gasteiger partial charge in [-0.3, -0.25) is 14.5 Å². The molecule has 0 bridgehead atoms. The van der Waals surface area contributed by atoms with E-state index in [9.17, 15) is 9.59 Å². The third kappa shape index (κ3) is 1.37. The van der Waals surface area contributed by atoms with E-state index < -0.39 is 6.04 Å². The van der Waals surface area contributed by atoms with Crippen molar-refractivity contribution in [2.24, 2.45) is 0 Å². The Kier molecular flexibility index (Phi) is 2.29. The Hall–Kier alpha value is -1.57. The van der Waals surface area contributed by atoms with Crippen LogP contribution >= 0.6 is 0 Å². The van der Waals surface area contributed by atoms with Crippen LogP contribution in [0.5, 0.6) is 0 Å². The van der Waals surface area contributed by atoms with Crippen molar-refractivity contribution in [2.45, 2.75) is 18.9 Å². The fraction of sp³-hybridized carbons (Fsp3) is 0.571. The maximum absolute atomic E-state index is 11.2. The van der Waals surface area contributed by atoms with E-state index >= 15 is 0 Å². The molecule has 1 rings (SSSR count). The number of carbonyl (C=O) groups is 2. The number of piperidine rings is 1. The molecular weight excluding hydrogens is 158 g/mol. The van der Waals surface area contributed by atoms with Gasteiger partial charge < -0.3 is 5.32 Å². The number of hydrogen-bond acceptors (Lipinski definition) is 4. The Labute approximate surface area is 69.9 Å². The van der Waals surface area contributed by atoms with Crippen molar-refractivity contribution in [3.05, 3.63) is 0 Å². The van der Waals surface area contributed by atoms with Gasteiger partial charge in [0, 0.05) is 13.5 Å². The number of likely N-dealkylation sites (N-methyl/N-ethyl adjacent to an activating group) is 1. The van der Waals surface area contributed by atoms with Crippen LogP contribution in [-0.2, 0) is 9.59 Å². The normalized spacial score (nSPS) is 23.7. The number of rotatable bonds is 1. The number of nitrogens with zero attached hydrogens (tertiary/aromatic N) is 2. The molecule has 1 aliphatic rings. The minimum atomic E-state index is -0.516. The van der Waals surface area contributed by atoms with E-state index in [0.717, 1.165) is 4.90 Å². The molecule has 0 aromatic carbocycles. The summed E-state index contributed by atoms with van der Waals surface area (Å²) < 4.78 is 0. The maximum Gasteiger partial charge on any atom is 0.252 e. The van der Waals surface area contributed by atoms with Crippen molar-refractivity contribution in [2.75, 3.05) is 7.05 Å². The van der Waals surface area contributed by atoms with Crippen molar-refractivity contribution in [3.63, 3.8) is 0 Å². The van der Waals surface area contributed by atoms with Crippen LogP contribution in [0.3, 0.4) is 0 Å². The van der Waals surface area contributed by atoms with E-state index in [1.807, 2.05) is 0 Å². The molecule has 0 radical (unpaired) electrons. The summed E-state index contributed by atoms with van der Waals surface area (Å²) in [6, 6.07) is -0.516. The smallest absolute Gasteiger partial charge is 0.252 e. The zero-order chi connectivity index (χ0) is 9.14. The first kappa shape index (κ1) is 8.53. The highest BCUT2D eigenvalue weighted by molar-refractivity contribution is 6.00. The highest BCUT2D eigenvalue weighted by Crippen LogP contribution is 2.10. The molecule has 12 heavy (non-hydrogen) atoms. The first-order valence-corrected chi connectivity index (χ1v) is 3.62. The predicted octanol–water partition coefficient (Wildman–Crippen LogP) is -0.796. The van der Waals surface area contributed by atoms with Crippen LogP contribution in [0, 0.1) is 11.5 Å². The maximum atomic E-state index is 11.2. The van der Waals surface area contributed by atoms with E-state index in [2.05, 4.69) is 5.32 Å². The lowest BCUT2D eigenvalue weighted by Crippen LogP contribution is -2.50. The zero-order valence-electron chi connectivity index (χ0n) is 6.70. The average molecular weight is 167 g/mol. The second-order valence-corrected chi connectivity index (χ2v) is 2.64. The van der Waals surface area contributed by atoms with Gasteiger partial charge in [-0.1, -0.05) is 0 Å². The first-order chi connectivity index (χ1) is 5.66. The number of carbonyl (C=O) groups excluding carboxylic acids is 2. The Morgan fingerprint density at radius 1 is 1.67 bits per heavy atom. The molecule has 0 aromatic heterocycles. The molecule has 1 fully saturated rings. The Balaban J connectivity index is 2.66. The summed E-state index contributed by atoms with van der Waals surface area (Å²) in [7, 11) is 1.43. The molecule has 2 amide bonds. The third-order valence-electron chi connectivity index (χ3n) is 1.89. The number of imide groups is 1. The summed E-state index contributed by atoms with van der Waals surface area (Å²) in [5.74, 6) is -0.510. The quantitative estimate of drug-likeness (QED) is 0.315. The van der Waals surface area contributed by atoms with Gasteiger partial charge in [0.1, 0.15) is 6.04 Å². The van der Waals surface area contributed by atoms with Crippen molar-refractivity contribution >= 4 is 11.8 Å². The number of likely N-dealkylation sites (tertiary alicyclic amines) is 1. The SMILES string of the molecule is CN1C(=O)CCC(NC#N)C1=O. The van der Waals surface area contributed by atoms with Crippen molar-refractivity contribution in [3.8, 4) is 6.19 Å². The van der Waals surface area contributed by atoms with Gasteiger partial charge >= 0.3 is 0 Å². The molecule has 5 heteroatoms. The third-order valence-corrected chi connectivity index (χ3v) is 1.89. The summed E-state index contributed by atoms with van der Waals surface area (Å²) in [5.41, 5.74) is 0. The van der Waals surface area contributed by atoms with Crippen LogP contribution in [0.15, 0.2) is 0 Å². The lowest BCUT2D eigenvalue weighted by Gasteiger charge is -2.26. The number of amides is 2. The van der Waals surface area contributed by atoms with Crippen molar-refractivity contribution < 1.29 is 9.59 Å². The minimum Gasteiger partial charge on any atom is -0.311 e. The van der Waals surface area contributed by atoms with Gasteiger partial charge in [0.05, 0.1) is 0 Å². The largest absolute Gasteiger partial charge is 0.311 e. The monoisotopic (exact) mass is 167 g/mol. The van der Waals surface area contributed by atoms with E-state index in [0.29, 0.717) is 12.8 Å². The summed E-state index contributed by atoms with van der Waals surface area (Å²) >= 11 is 0. The number of hydrogen-bond donors (Lipinski definition) is 1. The molecule has 0 saturated carbocycles. The lowest BCUT2D eigenvalue weighted by molar-refractivity contribution is -0.147. The highest BCUT2D eigenvalue weighted by atomic mass is 16.2. The van der Waals surface area contributed by atoms with Gasteiger partial charge in [-0.05, 0) is 6.42 Å². The molecule has 1 N–H and O–H groups in total. The highest BCUT2D eigenvalue weighted by Gasteiger charge is 2.31. The predicted molar refractivity (Wildman–Crippen MR) is 39.5 cm³/mol. The topological polar surface area (TPSA) is 73.2 Å². The summed E-state index contributed by atoms with van der Waals surface area (Å²) in [6.45, 7) is 0. The van der Waals surface area contributed by atoms with Crippen molar-refractivity contribution in [1.29, 1.82) is 5.26 Å². The van der Waals surface area contributed by atoms with Gasteiger partial charge in [-0.25, -0.2) is 0 Å². The summed E-state index contributed by atoms with van der Waals surface area (Å²) in [6.07, 6.45) is 2.43. The second kappa shape index (κ2) is 3.22. The molecule has 0 aromatic rings. The van der Waals surface area contributed by atoms with Crippen LogP contribution in [0.2, 0.25) is 0 Å². The van der Waals surface area contributed by atoms with Crippen LogP contribution in [0.1, 0.15) is 12.8 Å². The fourth-order valence-corrected chi connectivity index (χ4v) is 1.13. The van der Waals surface area contributed by atoms with Crippen LogP contribution in [0.25, 0.3) is 0 Å². The van der Waals surface area contributed by atoms with Gasteiger partial charge in [0.25, 0.3) is 5.91 Å². The Morgan fingerprint density at radius 3 is 2.92 bits per heavy atom. The molecule has 0 aliphatic carbocycles. The van der Waals surface area contributed by atoms with Gasteiger partial charge in [0.2, 0.25) is 5.91 Å². The minimum absolute atomic E-state index is 0.184.